The van der Waals surface area contributed by atoms with Gasteiger partial charge in [0.25, 0.3) is 11.8 Å². The van der Waals surface area contributed by atoms with E-state index in [2.05, 4.69) is 25.5 Å². The Morgan fingerprint density at radius 3 is 2.49 bits per heavy atom. The first-order chi connectivity index (χ1) is 17.0. The van der Waals surface area contributed by atoms with Crippen LogP contribution >= 0.6 is 0 Å². The topological polar surface area (TPSA) is 107 Å². The van der Waals surface area contributed by atoms with Crippen LogP contribution in [0, 0.1) is 6.92 Å². The van der Waals surface area contributed by atoms with E-state index in [0.29, 0.717) is 50.1 Å². The number of amides is 2. The lowest BCUT2D eigenvalue weighted by Crippen LogP contribution is -2.60. The summed E-state index contributed by atoms with van der Waals surface area (Å²) in [4.78, 5) is 38.5. The number of nitrogens with one attached hydrogen (secondary N) is 1. The van der Waals surface area contributed by atoms with Gasteiger partial charge in [-0.1, -0.05) is 53.2 Å². The van der Waals surface area contributed by atoms with Gasteiger partial charge >= 0.3 is 0 Å². The summed E-state index contributed by atoms with van der Waals surface area (Å²) in [7, 11) is 0. The molecule has 1 saturated heterocycles. The fraction of sp³-hybridized carbons (Fsp3) is 0.320. The maximum atomic E-state index is 13.2. The van der Waals surface area contributed by atoms with Crippen LogP contribution in [0.2, 0.25) is 0 Å². The van der Waals surface area contributed by atoms with E-state index in [4.69, 9.17) is 4.52 Å². The molecule has 2 amide bonds. The number of aromatic nitrogens is 2. The Morgan fingerprint density at radius 2 is 1.77 bits per heavy atom. The van der Waals surface area contributed by atoms with Gasteiger partial charge in [0.1, 0.15) is 6.04 Å². The van der Waals surface area contributed by atoms with Crippen LogP contribution in [0.3, 0.4) is 0 Å². The second kappa shape index (κ2) is 9.67. The van der Waals surface area contributed by atoms with Gasteiger partial charge in [-0.15, -0.1) is 0 Å². The number of para-hydroxylation sites is 1. The maximum Gasteiger partial charge on any atom is 0.290 e. The second-order valence-electron chi connectivity index (χ2n) is 8.72. The van der Waals surface area contributed by atoms with Crippen molar-refractivity contribution < 1.29 is 14.1 Å². The molecule has 0 aliphatic carbocycles. The van der Waals surface area contributed by atoms with E-state index < -0.39 is 6.04 Å². The molecule has 1 unspecified atom stereocenters. The minimum atomic E-state index is -0.642. The van der Waals surface area contributed by atoms with Gasteiger partial charge in [0.15, 0.2) is 0 Å². The monoisotopic (exact) mass is 473 g/mol. The zero-order chi connectivity index (χ0) is 24.4. The van der Waals surface area contributed by atoms with Crippen LogP contribution in [-0.4, -0.2) is 69.8 Å². The molecule has 0 spiro atoms. The minimum absolute atomic E-state index is 0.175. The van der Waals surface area contributed by atoms with Crippen molar-refractivity contribution in [1.29, 1.82) is 0 Å². The fourth-order valence-electron chi connectivity index (χ4n) is 4.09. The van der Waals surface area contributed by atoms with Crippen LogP contribution < -0.4 is 10.4 Å². The fourth-order valence-corrected chi connectivity index (χ4v) is 4.09. The molecule has 35 heavy (non-hydrogen) atoms. The second-order valence-corrected chi connectivity index (χ2v) is 8.72. The van der Waals surface area contributed by atoms with E-state index in [1.807, 2.05) is 61.5 Å². The molecule has 180 valence electrons. The summed E-state index contributed by atoms with van der Waals surface area (Å²) in [5, 5.41) is 5.49. The number of hydrazine groups is 1. The molecule has 10 nitrogen and oxygen atoms in total. The summed E-state index contributed by atoms with van der Waals surface area (Å²) >= 11 is 0. The van der Waals surface area contributed by atoms with E-state index >= 15 is 0 Å². The van der Waals surface area contributed by atoms with Crippen LogP contribution in [0.5, 0.6) is 0 Å². The Kier molecular flexibility index (Phi) is 6.28. The number of aryl methyl sites for hydroxylation is 1. The molecule has 5 rings (SSSR count). The zero-order valence-electron chi connectivity index (χ0n) is 19.7. The molecule has 1 fully saturated rings. The molecule has 3 aromatic rings. The first-order valence-electron chi connectivity index (χ1n) is 11.6. The highest BCUT2D eigenvalue weighted by Gasteiger charge is 2.33. The third-order valence-electron chi connectivity index (χ3n) is 6.13. The summed E-state index contributed by atoms with van der Waals surface area (Å²) in [6.45, 7) is 6.65. The summed E-state index contributed by atoms with van der Waals surface area (Å²) in [6, 6.07) is 16.5. The van der Waals surface area contributed by atoms with Crippen molar-refractivity contribution in [2.45, 2.75) is 26.4 Å². The summed E-state index contributed by atoms with van der Waals surface area (Å²) < 4.78 is 5.45. The van der Waals surface area contributed by atoms with Crippen LogP contribution in [0.25, 0.3) is 11.4 Å². The van der Waals surface area contributed by atoms with Gasteiger partial charge in [-0.2, -0.15) is 4.98 Å². The first kappa shape index (κ1) is 22.7. The average molecular weight is 474 g/mol. The van der Waals surface area contributed by atoms with Crippen LogP contribution in [0.15, 0.2) is 64.1 Å². The highest BCUT2D eigenvalue weighted by molar-refractivity contribution is 6.39. The third kappa shape index (κ3) is 4.92. The van der Waals surface area contributed by atoms with Crippen molar-refractivity contribution in [3.8, 4) is 11.4 Å². The molecule has 2 aliphatic rings. The Labute approximate surface area is 203 Å². The van der Waals surface area contributed by atoms with E-state index in [-0.39, 0.29) is 17.6 Å². The number of nitrogens with zero attached hydrogens (tertiary/aromatic N) is 6. The summed E-state index contributed by atoms with van der Waals surface area (Å²) in [6.07, 6.45) is 0. The van der Waals surface area contributed by atoms with Crippen LogP contribution in [0.4, 0.5) is 5.69 Å². The van der Waals surface area contributed by atoms with Crippen LogP contribution in [-0.2, 0) is 16.1 Å². The van der Waals surface area contributed by atoms with Crippen molar-refractivity contribution >= 4 is 23.3 Å². The Bertz CT molecular complexity index is 1230. The highest BCUT2D eigenvalue weighted by atomic mass is 16.5. The van der Waals surface area contributed by atoms with Gasteiger partial charge in [0.05, 0.1) is 12.2 Å². The van der Waals surface area contributed by atoms with Gasteiger partial charge in [-0.05, 0) is 26.0 Å². The molecular weight excluding hydrogens is 446 g/mol. The van der Waals surface area contributed by atoms with E-state index in [1.165, 1.54) is 10.6 Å². The quantitative estimate of drug-likeness (QED) is 0.604. The van der Waals surface area contributed by atoms with Gasteiger partial charge in [-0.25, -0.2) is 10.0 Å². The molecule has 2 aromatic carbocycles. The smallest absolute Gasteiger partial charge is 0.290 e. The van der Waals surface area contributed by atoms with Gasteiger partial charge in [-0.3, -0.25) is 19.9 Å². The van der Waals surface area contributed by atoms with Crippen LogP contribution in [0.1, 0.15) is 18.4 Å². The largest absolute Gasteiger partial charge is 0.338 e. The van der Waals surface area contributed by atoms with Crippen molar-refractivity contribution in [1.82, 2.24) is 25.4 Å². The predicted molar refractivity (Wildman–Crippen MR) is 130 cm³/mol. The number of benzene rings is 2. The number of carbonyl (C=O) groups excluding carboxylic acids is 2. The van der Waals surface area contributed by atoms with Gasteiger partial charge < -0.3 is 9.42 Å². The third-order valence-corrected chi connectivity index (χ3v) is 6.13. The number of anilines is 1. The van der Waals surface area contributed by atoms with Crippen molar-refractivity contribution in [2.24, 2.45) is 4.99 Å². The SMILES string of the molecule is Cc1ccc(-c2noc(CN3CCN(C(=O)C4=NC(C)C(=O)N(c5ccccc5)N4)CC3)n2)cc1. The molecule has 1 atom stereocenters. The number of piperazine rings is 1. The molecule has 0 saturated carbocycles. The Balaban J connectivity index is 1.18. The standard InChI is InChI=1S/C25H27N7O3/c1-17-8-10-19(11-9-17)22-27-21(35-29-22)16-30-12-14-31(15-13-30)25(34)23-26-18(2)24(33)32(28-23)20-6-4-3-5-7-20/h3-11,18H,12-16H2,1-2H3,(H,26,28). The molecule has 10 heteroatoms. The number of hydrogen-bond acceptors (Lipinski definition) is 8. The van der Waals surface area contributed by atoms with E-state index in [9.17, 15) is 9.59 Å². The van der Waals surface area contributed by atoms with E-state index in [0.717, 1.165) is 5.56 Å². The molecule has 1 N–H and O–H groups in total. The molecule has 3 heterocycles. The maximum absolute atomic E-state index is 13.2. The average Bonchev–Trinajstić information content (AvgIpc) is 3.35. The zero-order valence-corrected chi connectivity index (χ0v) is 19.7. The number of hydrogen-bond donors (Lipinski definition) is 1. The number of aliphatic imine (C=N–C) groups is 1. The summed E-state index contributed by atoms with van der Waals surface area (Å²) in [5.74, 6) is 0.868. The predicted octanol–water partition coefficient (Wildman–Crippen LogP) is 2.03. The number of carbonyl (C=O) groups is 2. The lowest BCUT2D eigenvalue weighted by Gasteiger charge is -2.36. The molecule has 2 aliphatic heterocycles. The van der Waals surface area contributed by atoms with Gasteiger partial charge in [0.2, 0.25) is 17.6 Å². The molecular formula is C25H27N7O3. The number of amidine groups is 1. The highest BCUT2D eigenvalue weighted by Crippen LogP contribution is 2.19. The van der Waals surface area contributed by atoms with E-state index in [1.54, 1.807) is 11.8 Å². The molecule has 1 aromatic heterocycles. The first-order valence-corrected chi connectivity index (χ1v) is 11.6. The molecule has 0 bridgehead atoms. The molecule has 0 radical (unpaired) electrons. The Hall–Kier alpha value is -4.05. The lowest BCUT2D eigenvalue weighted by molar-refractivity contribution is -0.126. The van der Waals surface area contributed by atoms with Crippen molar-refractivity contribution in [2.75, 3.05) is 31.2 Å². The summed E-state index contributed by atoms with van der Waals surface area (Å²) in [5.41, 5.74) is 5.67. The minimum Gasteiger partial charge on any atom is -0.338 e. The lowest BCUT2D eigenvalue weighted by atomic mass is 10.1. The van der Waals surface area contributed by atoms with Crippen molar-refractivity contribution in [3.05, 3.63) is 66.1 Å². The van der Waals surface area contributed by atoms with Crippen molar-refractivity contribution in [3.63, 3.8) is 0 Å². The Morgan fingerprint density at radius 1 is 1.06 bits per heavy atom. The normalized spacial score (nSPS) is 18.9. The van der Waals surface area contributed by atoms with Gasteiger partial charge in [0, 0.05) is 31.7 Å². The number of rotatable bonds is 5.